The zero-order valence-corrected chi connectivity index (χ0v) is 40.6. The first-order chi connectivity index (χ1) is 31.2. The Morgan fingerprint density at radius 1 is 0.424 bits per heavy atom. The van der Waals surface area contributed by atoms with Gasteiger partial charge in [-0.15, -0.1) is 0 Å². The molecule has 0 saturated heterocycles. The molecule has 2 aliphatic heterocycles. The second-order valence-electron chi connectivity index (χ2n) is 22.2. The van der Waals surface area contributed by atoms with E-state index in [4.69, 9.17) is 28.4 Å². The maximum atomic E-state index is 13.8. The molecule has 12 heteroatoms. The Hall–Kier alpha value is -5.20. The van der Waals surface area contributed by atoms with E-state index in [0.29, 0.717) is 97.4 Å². The standard InChI is InChI=1S/C54H68N2O10/c1-51(2)23-33-47(37(57)27-51)45(48-34(55-33)24-52(3,4)28-38(48)58)31-11-13-41(43(21-31)61-9)65-19-17-63-15-16-64-18-20-66-42-14-12-32(22-44(42)62-10)46-49-35(25-53(5,6)29-39(49)59)56-36-26-54(7,8)30-40(60)50(36)46/h11-14,21-22,45-46,55-56H,15-20,23-30H2,1-10H3. The minimum Gasteiger partial charge on any atom is -0.493 e. The minimum atomic E-state index is -0.458. The van der Waals surface area contributed by atoms with Crippen LogP contribution in [0.15, 0.2) is 81.5 Å². The predicted molar refractivity (Wildman–Crippen MR) is 251 cm³/mol. The lowest BCUT2D eigenvalue weighted by Gasteiger charge is -2.44. The highest BCUT2D eigenvalue weighted by atomic mass is 16.6. The second-order valence-corrected chi connectivity index (χ2v) is 22.2. The average Bonchev–Trinajstić information content (AvgIpc) is 3.21. The highest BCUT2D eigenvalue weighted by molar-refractivity contribution is 6.08. The van der Waals surface area contributed by atoms with Gasteiger partial charge in [0.2, 0.25) is 0 Å². The Morgan fingerprint density at radius 2 is 0.712 bits per heavy atom. The van der Waals surface area contributed by atoms with Gasteiger partial charge >= 0.3 is 0 Å². The van der Waals surface area contributed by atoms with Crippen molar-refractivity contribution in [3.63, 3.8) is 0 Å². The Balaban J connectivity index is 0.832. The lowest BCUT2D eigenvalue weighted by Crippen LogP contribution is -2.42. The van der Waals surface area contributed by atoms with Crippen LogP contribution in [0.3, 0.4) is 0 Å². The number of allylic oxidation sites excluding steroid dienone is 8. The molecule has 0 atom stereocenters. The fraction of sp³-hybridized carbons (Fsp3) is 0.556. The maximum Gasteiger partial charge on any atom is 0.162 e. The van der Waals surface area contributed by atoms with Crippen LogP contribution in [0.2, 0.25) is 0 Å². The number of carbonyl (C=O) groups is 4. The van der Waals surface area contributed by atoms with E-state index in [9.17, 15) is 19.2 Å². The smallest absolute Gasteiger partial charge is 0.162 e. The summed E-state index contributed by atoms with van der Waals surface area (Å²) in [6.45, 7) is 18.9. The molecule has 8 rings (SSSR count). The highest BCUT2D eigenvalue weighted by Gasteiger charge is 2.48. The summed E-state index contributed by atoms with van der Waals surface area (Å²) in [5, 5.41) is 7.15. The molecule has 0 bridgehead atoms. The second kappa shape index (κ2) is 18.1. The summed E-state index contributed by atoms with van der Waals surface area (Å²) in [5.41, 5.74) is 7.48. The maximum absolute atomic E-state index is 13.8. The summed E-state index contributed by atoms with van der Waals surface area (Å²) < 4.78 is 35.4. The number of carbonyl (C=O) groups excluding carboxylic acids is 4. The Morgan fingerprint density at radius 3 is 1.00 bits per heavy atom. The van der Waals surface area contributed by atoms with E-state index in [1.165, 1.54) is 0 Å². The summed E-state index contributed by atoms with van der Waals surface area (Å²) in [7, 11) is 3.18. The largest absolute Gasteiger partial charge is 0.493 e. The molecule has 0 unspecified atom stereocenters. The van der Waals surface area contributed by atoms with Gasteiger partial charge in [-0.3, -0.25) is 19.2 Å². The van der Waals surface area contributed by atoms with Crippen molar-refractivity contribution in [1.29, 1.82) is 0 Å². The van der Waals surface area contributed by atoms with Crippen LogP contribution >= 0.6 is 0 Å². The number of nitrogens with one attached hydrogen (secondary N) is 2. The first-order valence-corrected chi connectivity index (χ1v) is 23.5. The number of dihydropyridines is 2. The van der Waals surface area contributed by atoms with Gasteiger partial charge < -0.3 is 39.1 Å². The average molecular weight is 905 g/mol. The van der Waals surface area contributed by atoms with E-state index < -0.39 is 11.8 Å². The first-order valence-electron chi connectivity index (χ1n) is 23.5. The van der Waals surface area contributed by atoms with Gasteiger partial charge in [0, 0.05) is 82.6 Å². The molecule has 6 aliphatic rings. The summed E-state index contributed by atoms with van der Waals surface area (Å²) in [6, 6.07) is 11.4. The number of hydrogen-bond acceptors (Lipinski definition) is 12. The molecular weight excluding hydrogens is 837 g/mol. The van der Waals surface area contributed by atoms with Crippen LogP contribution in [0.5, 0.6) is 23.0 Å². The SMILES string of the molecule is COc1cc(C2C3=C(CC(C)(C)CC3=O)NC3=C2C(=O)CC(C)(C)C3)ccc1OCCOCCOCCOc1ccc(C2C3=C(CC(C)(C)CC3=O)NC3=C2C(=O)CC(C)(C)C3)cc1OC. The normalized spacial score (nSPS) is 22.3. The molecule has 2 aromatic carbocycles. The quantitative estimate of drug-likeness (QED) is 0.164. The topological polar surface area (TPSA) is 148 Å². The van der Waals surface area contributed by atoms with Gasteiger partial charge in [0.25, 0.3) is 0 Å². The van der Waals surface area contributed by atoms with Gasteiger partial charge in [-0.2, -0.15) is 0 Å². The summed E-state index contributed by atoms with van der Waals surface area (Å²) in [4.78, 5) is 55.1. The van der Waals surface area contributed by atoms with Crippen LogP contribution in [-0.4, -0.2) is 77.0 Å². The van der Waals surface area contributed by atoms with Crippen LogP contribution in [0.4, 0.5) is 0 Å². The predicted octanol–water partition coefficient (Wildman–Crippen LogP) is 9.14. The number of hydrogen-bond donors (Lipinski definition) is 2. The number of ketones is 4. The number of Topliss-reactive ketones (excluding diaryl/α,β-unsaturated/α-hetero) is 4. The molecule has 0 aromatic heterocycles. The van der Waals surface area contributed by atoms with Crippen molar-refractivity contribution >= 4 is 23.1 Å². The monoisotopic (exact) mass is 904 g/mol. The van der Waals surface area contributed by atoms with E-state index in [1.807, 2.05) is 36.4 Å². The fourth-order valence-electron chi connectivity index (χ4n) is 11.2. The van der Waals surface area contributed by atoms with Crippen molar-refractivity contribution in [3.8, 4) is 23.0 Å². The summed E-state index contributed by atoms with van der Waals surface area (Å²) >= 11 is 0. The fourth-order valence-corrected chi connectivity index (χ4v) is 11.2. The van der Waals surface area contributed by atoms with E-state index >= 15 is 0 Å². The molecule has 0 radical (unpaired) electrons. The first kappa shape index (κ1) is 47.3. The lowest BCUT2D eigenvalue weighted by molar-refractivity contribution is -0.120. The van der Waals surface area contributed by atoms with E-state index in [1.54, 1.807) is 14.2 Å². The number of benzene rings is 2. The van der Waals surface area contributed by atoms with E-state index in [2.05, 4.69) is 66.0 Å². The molecular formula is C54H68N2O10. The zero-order chi connectivity index (χ0) is 47.3. The van der Waals surface area contributed by atoms with Crippen molar-refractivity contribution in [3.05, 3.63) is 92.6 Å². The van der Waals surface area contributed by atoms with Gasteiger partial charge in [0.1, 0.15) is 13.2 Å². The van der Waals surface area contributed by atoms with Crippen LogP contribution in [-0.2, 0) is 28.7 Å². The van der Waals surface area contributed by atoms with E-state index in [0.717, 1.165) is 59.6 Å². The molecule has 2 N–H and O–H groups in total. The number of rotatable bonds is 15. The van der Waals surface area contributed by atoms with Gasteiger partial charge in [0.15, 0.2) is 46.1 Å². The Kier molecular flexibility index (Phi) is 13.0. The van der Waals surface area contributed by atoms with Crippen molar-refractivity contribution in [2.75, 3.05) is 53.9 Å². The zero-order valence-electron chi connectivity index (χ0n) is 40.6. The third-order valence-electron chi connectivity index (χ3n) is 13.8. The molecule has 66 heavy (non-hydrogen) atoms. The number of methoxy groups -OCH3 is 2. The third-order valence-corrected chi connectivity index (χ3v) is 13.8. The highest BCUT2D eigenvalue weighted by Crippen LogP contribution is 2.54. The van der Waals surface area contributed by atoms with Gasteiger partial charge in [-0.1, -0.05) is 67.5 Å². The lowest BCUT2D eigenvalue weighted by atomic mass is 9.64. The van der Waals surface area contributed by atoms with E-state index in [-0.39, 0.29) is 58.0 Å². The Bertz CT molecular complexity index is 2190. The molecule has 2 heterocycles. The van der Waals surface area contributed by atoms with Crippen molar-refractivity contribution < 1.29 is 47.6 Å². The molecule has 12 nitrogen and oxygen atoms in total. The molecule has 0 amide bonds. The van der Waals surface area contributed by atoms with Crippen molar-refractivity contribution in [1.82, 2.24) is 10.6 Å². The van der Waals surface area contributed by atoms with Gasteiger partial charge in [0.05, 0.1) is 40.6 Å². The van der Waals surface area contributed by atoms with Gasteiger partial charge in [-0.25, -0.2) is 0 Å². The third kappa shape index (κ3) is 9.77. The van der Waals surface area contributed by atoms with Crippen LogP contribution in [0, 0.1) is 21.7 Å². The van der Waals surface area contributed by atoms with Gasteiger partial charge in [-0.05, 0) is 82.7 Å². The van der Waals surface area contributed by atoms with Crippen molar-refractivity contribution in [2.45, 2.75) is 119 Å². The molecule has 354 valence electrons. The minimum absolute atomic E-state index is 0.0782. The Labute approximate surface area is 389 Å². The molecule has 2 aromatic rings. The summed E-state index contributed by atoms with van der Waals surface area (Å²) in [6.07, 6.45) is 4.68. The van der Waals surface area contributed by atoms with Crippen LogP contribution < -0.4 is 29.6 Å². The molecule has 0 fully saturated rings. The molecule has 4 aliphatic carbocycles. The number of ether oxygens (including phenoxy) is 6. The van der Waals surface area contributed by atoms with Crippen LogP contribution in [0.1, 0.15) is 130 Å². The van der Waals surface area contributed by atoms with Crippen LogP contribution in [0.25, 0.3) is 0 Å². The molecule has 0 saturated carbocycles. The molecule has 0 spiro atoms. The summed E-state index contributed by atoms with van der Waals surface area (Å²) in [5.74, 6) is 1.53. The van der Waals surface area contributed by atoms with Crippen molar-refractivity contribution in [2.24, 2.45) is 21.7 Å².